The molecule has 0 bridgehead atoms. The molecule has 0 aromatic heterocycles. The Hall–Kier alpha value is -1.26. The fourth-order valence-corrected chi connectivity index (χ4v) is 3.86. The van der Waals surface area contributed by atoms with Crippen molar-refractivity contribution in [3.8, 4) is 0 Å². The van der Waals surface area contributed by atoms with Gasteiger partial charge in [0, 0.05) is 32.2 Å². The van der Waals surface area contributed by atoms with E-state index in [4.69, 9.17) is 0 Å². The van der Waals surface area contributed by atoms with Crippen molar-refractivity contribution in [1.82, 2.24) is 15.1 Å². The molecule has 2 saturated heterocycles. The van der Waals surface area contributed by atoms with E-state index in [1.54, 1.807) is 0 Å². The molecule has 2 aliphatic heterocycles. The minimum atomic E-state index is -0.270. The molecule has 1 spiro atoms. The zero-order chi connectivity index (χ0) is 14.4. The minimum absolute atomic E-state index is 0.0463. The molecule has 4 fully saturated rings. The lowest BCUT2D eigenvalue weighted by Gasteiger charge is -2.39. The SMILES string of the molecule is O=C(NC1CC1)N1CCC[C@@]2(CCN(CC3CC3)C2=O)C1. The molecule has 3 amide bonds. The van der Waals surface area contributed by atoms with E-state index < -0.39 is 0 Å². The van der Waals surface area contributed by atoms with Crippen LogP contribution in [-0.4, -0.2) is 54.0 Å². The van der Waals surface area contributed by atoms with Crippen molar-refractivity contribution in [2.45, 2.75) is 51.0 Å². The molecule has 4 rings (SSSR count). The maximum absolute atomic E-state index is 12.8. The summed E-state index contributed by atoms with van der Waals surface area (Å²) in [6.07, 6.45) is 7.64. The number of piperidine rings is 1. The summed E-state index contributed by atoms with van der Waals surface area (Å²) >= 11 is 0. The van der Waals surface area contributed by atoms with Crippen molar-refractivity contribution in [2.24, 2.45) is 11.3 Å². The smallest absolute Gasteiger partial charge is 0.317 e. The van der Waals surface area contributed by atoms with Crippen LogP contribution in [0.2, 0.25) is 0 Å². The summed E-state index contributed by atoms with van der Waals surface area (Å²) in [6, 6.07) is 0.436. The van der Waals surface area contributed by atoms with E-state index in [0.29, 0.717) is 18.5 Å². The number of likely N-dealkylation sites (tertiary alicyclic amines) is 2. The Kier molecular flexibility index (Phi) is 3.12. The maximum atomic E-state index is 12.8. The van der Waals surface area contributed by atoms with Crippen molar-refractivity contribution in [3.05, 3.63) is 0 Å². The first-order valence-corrected chi connectivity index (χ1v) is 8.51. The summed E-state index contributed by atoms with van der Waals surface area (Å²) in [4.78, 5) is 29.0. The van der Waals surface area contributed by atoms with Gasteiger partial charge in [-0.05, 0) is 50.9 Å². The summed E-state index contributed by atoms with van der Waals surface area (Å²) in [5.74, 6) is 1.07. The molecule has 5 heteroatoms. The van der Waals surface area contributed by atoms with Crippen LogP contribution in [-0.2, 0) is 4.79 Å². The number of carbonyl (C=O) groups is 2. The first-order valence-electron chi connectivity index (χ1n) is 8.51. The Labute approximate surface area is 126 Å². The van der Waals surface area contributed by atoms with Crippen molar-refractivity contribution in [2.75, 3.05) is 26.2 Å². The topological polar surface area (TPSA) is 52.7 Å². The van der Waals surface area contributed by atoms with Gasteiger partial charge in [0.2, 0.25) is 5.91 Å². The molecule has 0 aromatic carbocycles. The van der Waals surface area contributed by atoms with Gasteiger partial charge in [-0.15, -0.1) is 0 Å². The number of hydrogen-bond donors (Lipinski definition) is 1. The summed E-state index contributed by atoms with van der Waals surface area (Å²) in [5.41, 5.74) is -0.270. The van der Waals surface area contributed by atoms with Crippen LogP contribution in [0, 0.1) is 11.3 Å². The highest BCUT2D eigenvalue weighted by molar-refractivity contribution is 5.86. The second-order valence-electron chi connectivity index (χ2n) is 7.47. The molecule has 1 N–H and O–H groups in total. The van der Waals surface area contributed by atoms with Gasteiger partial charge >= 0.3 is 6.03 Å². The third-order valence-electron chi connectivity index (χ3n) is 5.55. The standard InChI is InChI=1S/C16H25N3O2/c20-14-16(7-9-18(14)10-12-2-3-12)6-1-8-19(11-16)15(21)17-13-4-5-13/h12-13H,1-11H2,(H,17,21)/t16-/m1/s1. The van der Waals surface area contributed by atoms with Gasteiger partial charge in [-0.1, -0.05) is 0 Å². The van der Waals surface area contributed by atoms with Crippen LogP contribution in [0.5, 0.6) is 0 Å². The van der Waals surface area contributed by atoms with Crippen LogP contribution in [0.4, 0.5) is 4.79 Å². The van der Waals surface area contributed by atoms with Gasteiger partial charge in [0.25, 0.3) is 0 Å². The molecular formula is C16H25N3O2. The summed E-state index contributed by atoms with van der Waals surface area (Å²) in [5, 5.41) is 3.06. The van der Waals surface area contributed by atoms with Crippen LogP contribution >= 0.6 is 0 Å². The summed E-state index contributed by atoms with van der Waals surface area (Å²) in [6.45, 7) is 3.28. The zero-order valence-corrected chi connectivity index (χ0v) is 12.6. The molecular weight excluding hydrogens is 266 g/mol. The Balaban J connectivity index is 1.41. The van der Waals surface area contributed by atoms with Crippen LogP contribution in [0.15, 0.2) is 0 Å². The van der Waals surface area contributed by atoms with Crippen molar-refractivity contribution in [3.63, 3.8) is 0 Å². The number of nitrogens with zero attached hydrogens (tertiary/aromatic N) is 2. The van der Waals surface area contributed by atoms with Crippen LogP contribution in [0.3, 0.4) is 0 Å². The Morgan fingerprint density at radius 2 is 2.00 bits per heavy atom. The highest BCUT2D eigenvalue weighted by Crippen LogP contribution is 2.42. The fourth-order valence-electron chi connectivity index (χ4n) is 3.86. The van der Waals surface area contributed by atoms with Crippen LogP contribution < -0.4 is 5.32 Å². The largest absolute Gasteiger partial charge is 0.342 e. The highest BCUT2D eigenvalue weighted by atomic mass is 16.2. The molecule has 2 aliphatic carbocycles. The number of nitrogens with one attached hydrogen (secondary N) is 1. The molecule has 21 heavy (non-hydrogen) atoms. The third kappa shape index (κ3) is 2.62. The monoisotopic (exact) mass is 291 g/mol. The third-order valence-corrected chi connectivity index (χ3v) is 5.55. The van der Waals surface area contributed by atoms with Gasteiger partial charge in [-0.3, -0.25) is 4.79 Å². The highest BCUT2D eigenvalue weighted by Gasteiger charge is 2.50. The van der Waals surface area contributed by atoms with Gasteiger partial charge in [0.1, 0.15) is 0 Å². The van der Waals surface area contributed by atoms with E-state index >= 15 is 0 Å². The molecule has 5 nitrogen and oxygen atoms in total. The molecule has 2 heterocycles. The van der Waals surface area contributed by atoms with Crippen LogP contribution in [0.1, 0.15) is 44.9 Å². The lowest BCUT2D eigenvalue weighted by atomic mass is 9.78. The van der Waals surface area contributed by atoms with E-state index in [1.165, 1.54) is 12.8 Å². The van der Waals surface area contributed by atoms with Gasteiger partial charge in [0.15, 0.2) is 0 Å². The number of urea groups is 1. The first kappa shape index (κ1) is 13.4. The van der Waals surface area contributed by atoms with E-state index in [0.717, 1.165) is 57.7 Å². The Bertz CT molecular complexity index is 458. The lowest BCUT2D eigenvalue weighted by Crippen LogP contribution is -2.52. The summed E-state index contributed by atoms with van der Waals surface area (Å²) < 4.78 is 0. The molecule has 0 aromatic rings. The second-order valence-corrected chi connectivity index (χ2v) is 7.47. The molecule has 2 saturated carbocycles. The lowest BCUT2D eigenvalue weighted by molar-refractivity contribution is -0.138. The first-order chi connectivity index (χ1) is 10.2. The number of hydrogen-bond acceptors (Lipinski definition) is 2. The number of amides is 3. The van der Waals surface area contributed by atoms with Crippen molar-refractivity contribution in [1.29, 1.82) is 0 Å². The van der Waals surface area contributed by atoms with Crippen molar-refractivity contribution < 1.29 is 9.59 Å². The molecule has 0 unspecified atom stereocenters. The van der Waals surface area contributed by atoms with E-state index in [-0.39, 0.29) is 11.4 Å². The van der Waals surface area contributed by atoms with Gasteiger partial charge in [0.05, 0.1) is 5.41 Å². The predicted molar refractivity (Wildman–Crippen MR) is 78.7 cm³/mol. The van der Waals surface area contributed by atoms with E-state index in [2.05, 4.69) is 10.2 Å². The average Bonchev–Trinajstić information content (AvgIpc) is 3.38. The zero-order valence-electron chi connectivity index (χ0n) is 12.6. The van der Waals surface area contributed by atoms with Gasteiger partial charge in [-0.25, -0.2) is 4.79 Å². The maximum Gasteiger partial charge on any atom is 0.317 e. The molecule has 4 aliphatic rings. The molecule has 116 valence electrons. The van der Waals surface area contributed by atoms with Gasteiger partial charge < -0.3 is 15.1 Å². The Morgan fingerprint density at radius 1 is 1.19 bits per heavy atom. The average molecular weight is 291 g/mol. The Morgan fingerprint density at radius 3 is 2.71 bits per heavy atom. The van der Waals surface area contributed by atoms with E-state index in [9.17, 15) is 9.59 Å². The van der Waals surface area contributed by atoms with Gasteiger partial charge in [-0.2, -0.15) is 0 Å². The quantitative estimate of drug-likeness (QED) is 0.858. The number of carbonyl (C=O) groups excluding carboxylic acids is 2. The number of rotatable bonds is 3. The predicted octanol–water partition coefficient (Wildman–Crippen LogP) is 1.58. The van der Waals surface area contributed by atoms with E-state index in [1.807, 2.05) is 4.90 Å². The normalized spacial score (nSPS) is 32.9. The molecule has 1 atom stereocenters. The minimum Gasteiger partial charge on any atom is -0.342 e. The molecule has 0 radical (unpaired) electrons. The summed E-state index contributed by atoms with van der Waals surface area (Å²) in [7, 11) is 0. The second kappa shape index (κ2) is 4.89. The fraction of sp³-hybridized carbons (Fsp3) is 0.875. The van der Waals surface area contributed by atoms with Crippen molar-refractivity contribution >= 4 is 11.9 Å². The van der Waals surface area contributed by atoms with Crippen LogP contribution in [0.25, 0.3) is 0 Å².